The maximum Gasteiger partial charge on any atom is 0.222 e. The van der Waals surface area contributed by atoms with Crippen LogP contribution in [0.5, 0.6) is 17.2 Å². The van der Waals surface area contributed by atoms with Crippen LogP contribution in [0.1, 0.15) is 32.6 Å². The van der Waals surface area contributed by atoms with Gasteiger partial charge in [-0.05, 0) is 49.7 Å². The van der Waals surface area contributed by atoms with E-state index in [9.17, 15) is 13.2 Å². The number of sulfone groups is 1. The molecule has 0 saturated carbocycles. The van der Waals surface area contributed by atoms with Crippen molar-refractivity contribution in [2.75, 3.05) is 32.6 Å². The zero-order chi connectivity index (χ0) is 23.0. The van der Waals surface area contributed by atoms with E-state index in [0.717, 1.165) is 24.3 Å². The Bertz CT molecular complexity index is 982. The second kappa shape index (κ2) is 11.2. The molecule has 174 valence electrons. The average Bonchev–Trinajstić information content (AvgIpc) is 2.78. The summed E-state index contributed by atoms with van der Waals surface area (Å²) in [5.74, 6) is 2.21. The minimum Gasteiger partial charge on any atom is -0.494 e. The first-order valence-corrected chi connectivity index (χ1v) is 12.8. The van der Waals surface area contributed by atoms with E-state index in [2.05, 4.69) is 0 Å². The summed E-state index contributed by atoms with van der Waals surface area (Å²) in [5.41, 5.74) is 0. The van der Waals surface area contributed by atoms with Crippen molar-refractivity contribution >= 4 is 15.7 Å². The van der Waals surface area contributed by atoms with E-state index in [-0.39, 0.29) is 16.9 Å². The molecular formula is C24H31NO6S. The molecule has 1 aliphatic rings. The largest absolute Gasteiger partial charge is 0.494 e. The molecule has 2 aromatic rings. The zero-order valence-corrected chi connectivity index (χ0v) is 19.5. The molecule has 8 heteroatoms. The van der Waals surface area contributed by atoms with Gasteiger partial charge in [0.15, 0.2) is 21.3 Å². The van der Waals surface area contributed by atoms with Crippen molar-refractivity contribution in [1.29, 1.82) is 0 Å². The molecule has 0 N–H and O–H groups in total. The highest BCUT2D eigenvalue weighted by molar-refractivity contribution is 7.90. The lowest BCUT2D eigenvalue weighted by atomic mass is 10.1. The molecule has 0 aromatic heterocycles. The molecule has 0 atom stereocenters. The molecule has 3 rings (SSSR count). The van der Waals surface area contributed by atoms with Gasteiger partial charge in [0.05, 0.1) is 18.1 Å². The highest BCUT2D eigenvalue weighted by atomic mass is 32.2. The van der Waals surface area contributed by atoms with Crippen LogP contribution in [-0.2, 0) is 14.6 Å². The molecule has 7 nitrogen and oxygen atoms in total. The fourth-order valence-corrected chi connectivity index (χ4v) is 4.21. The number of ether oxygens (including phenoxy) is 3. The van der Waals surface area contributed by atoms with Crippen molar-refractivity contribution in [2.24, 2.45) is 0 Å². The molecular weight excluding hydrogens is 430 g/mol. The highest BCUT2D eigenvalue weighted by Crippen LogP contribution is 2.29. The lowest BCUT2D eigenvalue weighted by molar-refractivity contribution is -0.133. The quantitative estimate of drug-likeness (QED) is 0.502. The van der Waals surface area contributed by atoms with Gasteiger partial charge in [0, 0.05) is 38.6 Å². The normalized spacial score (nSPS) is 14.8. The van der Waals surface area contributed by atoms with Crippen molar-refractivity contribution in [1.82, 2.24) is 4.90 Å². The standard InChI is InChI=1S/C24H31NO6S/c1-3-29-22-7-4-5-8-23(22)31-20-14-16-25(17-15-20)24(26)9-6-18-30-19-10-12-21(13-11-19)32(2,27)28/h4-5,7-8,10-13,20H,3,6,9,14-18H2,1-2H3. The molecule has 1 amide bonds. The number of hydrogen-bond donors (Lipinski definition) is 0. The Labute approximate surface area is 190 Å². The number of piperidine rings is 1. The smallest absolute Gasteiger partial charge is 0.222 e. The van der Waals surface area contributed by atoms with Gasteiger partial charge in [-0.15, -0.1) is 0 Å². The number of carbonyl (C=O) groups excluding carboxylic acids is 1. The predicted octanol–water partition coefficient (Wildman–Crippen LogP) is 3.72. The first kappa shape index (κ1) is 23.9. The molecule has 0 radical (unpaired) electrons. The second-order valence-electron chi connectivity index (χ2n) is 7.77. The second-order valence-corrected chi connectivity index (χ2v) is 9.79. The molecule has 2 aromatic carbocycles. The van der Waals surface area contributed by atoms with Gasteiger partial charge in [0.25, 0.3) is 0 Å². The van der Waals surface area contributed by atoms with Gasteiger partial charge in [0.2, 0.25) is 5.91 Å². The summed E-state index contributed by atoms with van der Waals surface area (Å²) in [6, 6.07) is 14.0. The minimum absolute atomic E-state index is 0.0684. The van der Waals surface area contributed by atoms with E-state index in [1.807, 2.05) is 36.1 Å². The Morgan fingerprint density at radius 2 is 1.66 bits per heavy atom. The maximum atomic E-state index is 12.5. The topological polar surface area (TPSA) is 82.1 Å². The fourth-order valence-electron chi connectivity index (χ4n) is 3.58. The highest BCUT2D eigenvalue weighted by Gasteiger charge is 2.24. The Morgan fingerprint density at radius 1 is 1.00 bits per heavy atom. The maximum absolute atomic E-state index is 12.5. The third kappa shape index (κ3) is 6.88. The monoisotopic (exact) mass is 461 g/mol. The van der Waals surface area contributed by atoms with Crippen LogP contribution in [0.25, 0.3) is 0 Å². The summed E-state index contributed by atoms with van der Waals surface area (Å²) >= 11 is 0. The third-order valence-electron chi connectivity index (χ3n) is 5.29. The van der Waals surface area contributed by atoms with Crippen LogP contribution < -0.4 is 14.2 Å². The molecule has 0 aliphatic carbocycles. The van der Waals surface area contributed by atoms with Crippen LogP contribution >= 0.6 is 0 Å². The van der Waals surface area contributed by atoms with Gasteiger partial charge in [-0.2, -0.15) is 0 Å². The van der Waals surface area contributed by atoms with Gasteiger partial charge >= 0.3 is 0 Å². The molecule has 32 heavy (non-hydrogen) atoms. The molecule has 0 bridgehead atoms. The SMILES string of the molecule is CCOc1ccccc1OC1CCN(C(=O)CCCOc2ccc(S(C)(=O)=O)cc2)CC1. The molecule has 0 unspecified atom stereocenters. The van der Waals surface area contributed by atoms with Crippen molar-refractivity contribution in [3.63, 3.8) is 0 Å². The van der Waals surface area contributed by atoms with Gasteiger partial charge < -0.3 is 19.1 Å². The van der Waals surface area contributed by atoms with E-state index in [1.54, 1.807) is 12.1 Å². The Balaban J connectivity index is 1.37. The van der Waals surface area contributed by atoms with Crippen molar-refractivity contribution < 1.29 is 27.4 Å². The number of benzene rings is 2. The molecule has 1 aliphatic heterocycles. The van der Waals surface area contributed by atoms with Crippen LogP contribution in [0.15, 0.2) is 53.4 Å². The van der Waals surface area contributed by atoms with E-state index >= 15 is 0 Å². The van der Waals surface area contributed by atoms with E-state index in [1.165, 1.54) is 18.4 Å². The summed E-state index contributed by atoms with van der Waals surface area (Å²) in [5, 5.41) is 0. The summed E-state index contributed by atoms with van der Waals surface area (Å²) in [4.78, 5) is 14.7. The lowest BCUT2D eigenvalue weighted by Gasteiger charge is -2.32. The summed E-state index contributed by atoms with van der Waals surface area (Å²) in [6.45, 7) is 4.28. The predicted molar refractivity (Wildman–Crippen MR) is 122 cm³/mol. The number of nitrogens with zero attached hydrogens (tertiary/aromatic N) is 1. The van der Waals surface area contributed by atoms with Crippen LogP contribution in [0.3, 0.4) is 0 Å². The average molecular weight is 462 g/mol. The van der Waals surface area contributed by atoms with E-state index in [4.69, 9.17) is 14.2 Å². The number of rotatable bonds is 10. The number of amides is 1. The van der Waals surface area contributed by atoms with Gasteiger partial charge in [-0.25, -0.2) is 8.42 Å². The van der Waals surface area contributed by atoms with Gasteiger partial charge in [-0.1, -0.05) is 12.1 Å². The molecule has 1 heterocycles. The number of likely N-dealkylation sites (tertiary alicyclic amines) is 1. The van der Waals surface area contributed by atoms with E-state index in [0.29, 0.717) is 44.9 Å². The molecule has 1 fully saturated rings. The van der Waals surface area contributed by atoms with Crippen LogP contribution in [-0.4, -0.2) is 57.9 Å². The summed E-state index contributed by atoms with van der Waals surface area (Å²) < 4.78 is 40.3. The van der Waals surface area contributed by atoms with Crippen molar-refractivity contribution in [3.8, 4) is 17.2 Å². The minimum atomic E-state index is -3.22. The van der Waals surface area contributed by atoms with Crippen LogP contribution in [0, 0.1) is 0 Å². The van der Waals surface area contributed by atoms with Crippen LogP contribution in [0.4, 0.5) is 0 Å². The number of para-hydroxylation sites is 2. The zero-order valence-electron chi connectivity index (χ0n) is 18.7. The lowest BCUT2D eigenvalue weighted by Crippen LogP contribution is -2.41. The fraction of sp³-hybridized carbons (Fsp3) is 0.458. The first-order valence-electron chi connectivity index (χ1n) is 11.0. The molecule has 1 saturated heterocycles. The Kier molecular flexibility index (Phi) is 8.39. The Hall–Kier alpha value is -2.74. The van der Waals surface area contributed by atoms with Crippen LogP contribution in [0.2, 0.25) is 0 Å². The van der Waals surface area contributed by atoms with Crippen molar-refractivity contribution in [2.45, 2.75) is 43.6 Å². The third-order valence-corrected chi connectivity index (χ3v) is 6.42. The van der Waals surface area contributed by atoms with E-state index < -0.39 is 9.84 Å². The first-order chi connectivity index (χ1) is 15.4. The molecule has 0 spiro atoms. The summed E-state index contributed by atoms with van der Waals surface area (Å²) in [7, 11) is -3.22. The van der Waals surface area contributed by atoms with Crippen molar-refractivity contribution in [3.05, 3.63) is 48.5 Å². The Morgan fingerprint density at radius 3 is 2.28 bits per heavy atom. The number of carbonyl (C=O) groups is 1. The number of hydrogen-bond acceptors (Lipinski definition) is 6. The summed E-state index contributed by atoms with van der Waals surface area (Å²) in [6.07, 6.45) is 3.83. The van der Waals surface area contributed by atoms with Gasteiger partial charge in [0.1, 0.15) is 11.9 Å². The van der Waals surface area contributed by atoms with Gasteiger partial charge in [-0.3, -0.25) is 4.79 Å².